The summed E-state index contributed by atoms with van der Waals surface area (Å²) in [5.41, 5.74) is 7.36. The van der Waals surface area contributed by atoms with Crippen LogP contribution in [-0.2, 0) is 5.54 Å². The molecule has 2 rings (SSSR count). The average Bonchev–Trinajstić information content (AvgIpc) is 2.67. The second-order valence-corrected chi connectivity index (χ2v) is 5.11. The van der Waals surface area contributed by atoms with Gasteiger partial charge in [-0.15, -0.1) is 0 Å². The van der Waals surface area contributed by atoms with Gasteiger partial charge in [-0.25, -0.2) is 4.39 Å². The van der Waals surface area contributed by atoms with Crippen LogP contribution in [0.5, 0.6) is 0 Å². The van der Waals surface area contributed by atoms with Gasteiger partial charge in [-0.2, -0.15) is 4.37 Å². The molecule has 0 bridgehead atoms. The van der Waals surface area contributed by atoms with Crippen LogP contribution in [0, 0.1) is 5.82 Å². The highest BCUT2D eigenvalue weighted by Gasteiger charge is 2.18. The Morgan fingerprint density at radius 2 is 1.88 bits per heavy atom. The zero-order valence-corrected chi connectivity index (χ0v) is 10.0. The first-order valence-electron chi connectivity index (χ1n) is 4.99. The van der Waals surface area contributed by atoms with Crippen LogP contribution in [-0.4, -0.2) is 4.37 Å². The summed E-state index contributed by atoms with van der Waals surface area (Å²) in [4.78, 5) is 1.02. The molecular weight excluding hydrogens is 223 g/mol. The number of nitrogens with zero attached hydrogens (tertiary/aromatic N) is 1. The van der Waals surface area contributed by atoms with Gasteiger partial charge < -0.3 is 5.73 Å². The van der Waals surface area contributed by atoms with Crippen molar-refractivity contribution in [3.05, 3.63) is 41.0 Å². The molecule has 16 heavy (non-hydrogen) atoms. The Morgan fingerprint density at radius 1 is 1.25 bits per heavy atom. The van der Waals surface area contributed by atoms with E-state index in [2.05, 4.69) is 4.37 Å². The van der Waals surface area contributed by atoms with Crippen molar-refractivity contribution in [2.75, 3.05) is 0 Å². The van der Waals surface area contributed by atoms with E-state index in [1.807, 2.05) is 19.9 Å². The minimum absolute atomic E-state index is 0.238. The van der Waals surface area contributed by atoms with Crippen LogP contribution < -0.4 is 5.73 Å². The van der Waals surface area contributed by atoms with Crippen LogP contribution in [0.25, 0.3) is 11.3 Å². The molecular formula is C12H13FN2S. The van der Waals surface area contributed by atoms with E-state index in [1.54, 1.807) is 12.1 Å². The third-order valence-electron chi connectivity index (χ3n) is 2.29. The predicted molar refractivity (Wildman–Crippen MR) is 64.7 cm³/mol. The Balaban J connectivity index is 2.35. The standard InChI is InChI=1S/C12H13FN2S/c1-12(2,14)11-7-10(15-16-11)8-3-5-9(13)6-4-8/h3-7H,14H2,1-2H3. The van der Waals surface area contributed by atoms with Crippen LogP contribution in [0.1, 0.15) is 18.7 Å². The first-order valence-corrected chi connectivity index (χ1v) is 5.76. The summed E-state index contributed by atoms with van der Waals surface area (Å²) in [7, 11) is 0. The maximum absolute atomic E-state index is 12.8. The van der Waals surface area contributed by atoms with E-state index < -0.39 is 0 Å². The van der Waals surface area contributed by atoms with Crippen LogP contribution in [0.4, 0.5) is 4.39 Å². The maximum atomic E-state index is 12.8. The van der Waals surface area contributed by atoms with E-state index in [9.17, 15) is 4.39 Å². The molecule has 2 aromatic rings. The van der Waals surface area contributed by atoms with Crippen molar-refractivity contribution in [2.45, 2.75) is 19.4 Å². The second kappa shape index (κ2) is 3.96. The zero-order chi connectivity index (χ0) is 11.8. The molecule has 0 amide bonds. The number of benzene rings is 1. The molecule has 0 aliphatic heterocycles. The largest absolute Gasteiger partial charge is 0.321 e. The summed E-state index contributed by atoms with van der Waals surface area (Å²) in [6.45, 7) is 3.88. The summed E-state index contributed by atoms with van der Waals surface area (Å²) < 4.78 is 17.1. The fourth-order valence-corrected chi connectivity index (χ4v) is 2.09. The van der Waals surface area contributed by atoms with Gasteiger partial charge in [0.05, 0.1) is 5.69 Å². The molecule has 0 spiro atoms. The molecule has 0 saturated carbocycles. The normalized spacial score (nSPS) is 11.8. The van der Waals surface area contributed by atoms with E-state index >= 15 is 0 Å². The summed E-state index contributed by atoms with van der Waals surface area (Å²) >= 11 is 1.39. The van der Waals surface area contributed by atoms with E-state index in [0.717, 1.165) is 16.1 Å². The Hall–Kier alpha value is -1.26. The van der Waals surface area contributed by atoms with E-state index in [4.69, 9.17) is 5.73 Å². The Kier molecular flexibility index (Phi) is 2.78. The van der Waals surface area contributed by atoms with Crippen LogP contribution in [0.2, 0.25) is 0 Å². The van der Waals surface area contributed by atoms with Gasteiger partial charge in [-0.1, -0.05) is 0 Å². The number of halogens is 1. The summed E-state index contributed by atoms with van der Waals surface area (Å²) in [6, 6.07) is 8.26. The topological polar surface area (TPSA) is 38.9 Å². The second-order valence-electron chi connectivity index (χ2n) is 4.30. The highest BCUT2D eigenvalue weighted by atomic mass is 32.1. The van der Waals surface area contributed by atoms with Gasteiger partial charge in [0.2, 0.25) is 0 Å². The molecule has 1 heterocycles. The van der Waals surface area contributed by atoms with E-state index in [-0.39, 0.29) is 11.4 Å². The lowest BCUT2D eigenvalue weighted by molar-refractivity contribution is 0.567. The Labute approximate surface area is 98.1 Å². The third kappa shape index (κ3) is 2.28. The molecule has 0 atom stereocenters. The van der Waals surface area contributed by atoms with Crippen LogP contribution in [0.15, 0.2) is 30.3 Å². The van der Waals surface area contributed by atoms with Crippen LogP contribution >= 0.6 is 11.5 Å². The SMILES string of the molecule is CC(C)(N)c1cc(-c2ccc(F)cc2)ns1. The molecule has 0 aliphatic rings. The van der Waals surface area contributed by atoms with E-state index in [0.29, 0.717) is 0 Å². The number of hydrogen-bond donors (Lipinski definition) is 1. The molecule has 0 radical (unpaired) electrons. The molecule has 1 aromatic heterocycles. The minimum Gasteiger partial charge on any atom is -0.321 e. The lowest BCUT2D eigenvalue weighted by Gasteiger charge is -2.14. The number of aromatic nitrogens is 1. The van der Waals surface area contributed by atoms with Crippen LogP contribution in [0.3, 0.4) is 0 Å². The molecule has 0 fully saturated rings. The minimum atomic E-state index is -0.379. The van der Waals surface area contributed by atoms with Crippen molar-refractivity contribution in [2.24, 2.45) is 5.73 Å². The van der Waals surface area contributed by atoms with Crippen molar-refractivity contribution >= 4 is 11.5 Å². The van der Waals surface area contributed by atoms with E-state index in [1.165, 1.54) is 23.7 Å². The summed E-state index contributed by atoms with van der Waals surface area (Å²) in [5.74, 6) is -0.238. The molecule has 2 N–H and O–H groups in total. The van der Waals surface area contributed by atoms with Crippen molar-refractivity contribution in [3.63, 3.8) is 0 Å². The Bertz CT molecular complexity index is 482. The first-order chi connectivity index (χ1) is 7.47. The maximum Gasteiger partial charge on any atom is 0.123 e. The zero-order valence-electron chi connectivity index (χ0n) is 9.20. The van der Waals surface area contributed by atoms with Gasteiger partial charge in [0, 0.05) is 16.0 Å². The molecule has 0 saturated heterocycles. The molecule has 0 aliphatic carbocycles. The van der Waals surface area contributed by atoms with Gasteiger partial charge >= 0.3 is 0 Å². The van der Waals surface area contributed by atoms with Gasteiger partial charge in [0.1, 0.15) is 5.82 Å². The average molecular weight is 236 g/mol. The van der Waals surface area contributed by atoms with Crippen molar-refractivity contribution in [1.82, 2.24) is 4.37 Å². The van der Waals surface area contributed by atoms with Crippen molar-refractivity contribution in [3.8, 4) is 11.3 Å². The molecule has 4 heteroatoms. The highest BCUT2D eigenvalue weighted by molar-refractivity contribution is 7.06. The first kappa shape index (κ1) is 11.2. The number of rotatable bonds is 2. The van der Waals surface area contributed by atoms with Crippen molar-refractivity contribution in [1.29, 1.82) is 0 Å². The summed E-state index contributed by atoms with van der Waals surface area (Å²) in [6.07, 6.45) is 0. The molecule has 1 aromatic carbocycles. The molecule has 84 valence electrons. The lowest BCUT2D eigenvalue weighted by Crippen LogP contribution is -2.27. The number of nitrogens with two attached hydrogens (primary N) is 1. The lowest BCUT2D eigenvalue weighted by atomic mass is 10.0. The number of hydrogen-bond acceptors (Lipinski definition) is 3. The van der Waals surface area contributed by atoms with Gasteiger partial charge in [0.15, 0.2) is 0 Å². The highest BCUT2D eigenvalue weighted by Crippen LogP contribution is 2.27. The summed E-state index contributed by atoms with van der Waals surface area (Å²) in [5, 5.41) is 0. The molecule has 2 nitrogen and oxygen atoms in total. The Morgan fingerprint density at radius 3 is 2.38 bits per heavy atom. The van der Waals surface area contributed by atoms with Crippen molar-refractivity contribution < 1.29 is 4.39 Å². The predicted octanol–water partition coefficient (Wildman–Crippen LogP) is 3.14. The smallest absolute Gasteiger partial charge is 0.123 e. The van der Waals surface area contributed by atoms with Gasteiger partial charge in [-0.3, -0.25) is 0 Å². The molecule has 0 unspecified atom stereocenters. The fourth-order valence-electron chi connectivity index (χ4n) is 1.34. The monoisotopic (exact) mass is 236 g/mol. The van der Waals surface area contributed by atoms with Gasteiger partial charge in [0.25, 0.3) is 0 Å². The third-order valence-corrected chi connectivity index (χ3v) is 3.41. The quantitative estimate of drug-likeness (QED) is 0.870. The van der Waals surface area contributed by atoms with Gasteiger partial charge in [-0.05, 0) is 55.7 Å². The fraction of sp³-hybridized carbons (Fsp3) is 0.250.